The lowest BCUT2D eigenvalue weighted by Crippen LogP contribution is -2.25. The van der Waals surface area contributed by atoms with Crippen LogP contribution in [-0.2, 0) is 4.79 Å². The molecule has 0 amide bonds. The van der Waals surface area contributed by atoms with E-state index in [1.165, 1.54) is 0 Å². The molecule has 1 saturated carbocycles. The van der Waals surface area contributed by atoms with E-state index < -0.39 is 11.8 Å². The first-order valence-corrected chi connectivity index (χ1v) is 11.5. The summed E-state index contributed by atoms with van der Waals surface area (Å²) in [5, 5.41) is 0. The Hall–Kier alpha value is -2.96. The van der Waals surface area contributed by atoms with Crippen molar-refractivity contribution in [1.29, 1.82) is 0 Å². The van der Waals surface area contributed by atoms with Crippen molar-refractivity contribution in [2.45, 2.75) is 50.6 Å². The molecule has 3 atom stereocenters. The monoisotopic (exact) mass is 456 g/mol. The lowest BCUT2D eigenvalue weighted by atomic mass is 9.94. The summed E-state index contributed by atoms with van der Waals surface area (Å²) < 4.78 is 37.5. The van der Waals surface area contributed by atoms with Gasteiger partial charge in [-0.05, 0) is 36.2 Å². The number of hydrogen-bond donors (Lipinski definition) is 0. The van der Waals surface area contributed by atoms with Gasteiger partial charge in [0.1, 0.15) is 29.2 Å². The fourth-order valence-electron chi connectivity index (χ4n) is 4.00. The second kappa shape index (κ2) is 9.89. The lowest BCUT2D eigenvalue weighted by Gasteiger charge is -2.19. The predicted molar refractivity (Wildman–Crippen MR) is 123 cm³/mol. The summed E-state index contributed by atoms with van der Waals surface area (Å²) in [6, 6.07) is 11.4. The van der Waals surface area contributed by atoms with Crippen molar-refractivity contribution >= 4 is 11.6 Å². The van der Waals surface area contributed by atoms with E-state index >= 15 is 0 Å². The number of anilines is 1. The number of alkyl halides is 2. The predicted octanol–water partition coefficient (Wildman–Crippen LogP) is 5.41. The van der Waals surface area contributed by atoms with Crippen LogP contribution in [0.2, 0.25) is 0 Å². The molecule has 5 nitrogen and oxygen atoms in total. The summed E-state index contributed by atoms with van der Waals surface area (Å²) in [7, 11) is 0. The maximum Gasteiger partial charge on any atom is 0.255 e. The van der Waals surface area contributed by atoms with E-state index in [9.17, 15) is 13.6 Å². The second-order valence-electron chi connectivity index (χ2n) is 8.88. The molecule has 4 rings (SSSR count). The third-order valence-electron chi connectivity index (χ3n) is 6.36. The standard InChI is InChI=1S/C26H30F2N2O3/c1-3-4-5-24(31)18(2)19-6-8-21(9-7-19)33-23-12-13-30(16-23)25-11-10-22(15-29-25)32-17-20-14-26(20,27)28/h3,6-11,15,18,20,23H,1,4-5,12-14,16-17H2,2H3/t18?,20?,23-/m1/s1. The number of carbonyl (C=O) groups is 1. The molecule has 33 heavy (non-hydrogen) atoms. The minimum Gasteiger partial charge on any atom is -0.491 e. The summed E-state index contributed by atoms with van der Waals surface area (Å²) in [6.45, 7) is 7.15. The fraction of sp³-hybridized carbons (Fsp3) is 0.462. The fourth-order valence-corrected chi connectivity index (χ4v) is 4.00. The number of benzene rings is 1. The first-order valence-electron chi connectivity index (χ1n) is 11.5. The van der Waals surface area contributed by atoms with Crippen molar-refractivity contribution in [1.82, 2.24) is 4.98 Å². The van der Waals surface area contributed by atoms with Crippen LogP contribution in [0.5, 0.6) is 11.5 Å². The van der Waals surface area contributed by atoms with Crippen LogP contribution >= 0.6 is 0 Å². The van der Waals surface area contributed by atoms with Gasteiger partial charge in [-0.3, -0.25) is 4.79 Å². The average molecular weight is 457 g/mol. The highest BCUT2D eigenvalue weighted by atomic mass is 19.3. The summed E-state index contributed by atoms with van der Waals surface area (Å²) in [4.78, 5) is 18.8. The minimum atomic E-state index is -2.57. The lowest BCUT2D eigenvalue weighted by molar-refractivity contribution is -0.120. The van der Waals surface area contributed by atoms with Crippen LogP contribution in [0.25, 0.3) is 0 Å². The van der Waals surface area contributed by atoms with Crippen LogP contribution in [-0.4, -0.2) is 42.5 Å². The Morgan fingerprint density at radius 3 is 2.64 bits per heavy atom. The number of ketones is 1. The molecular weight excluding hydrogens is 426 g/mol. The number of Topliss-reactive ketones (excluding diaryl/α,β-unsaturated/α-hetero) is 1. The maximum absolute atomic E-state index is 13.0. The van der Waals surface area contributed by atoms with Crippen molar-refractivity contribution in [3.8, 4) is 11.5 Å². The van der Waals surface area contributed by atoms with E-state index in [0.717, 1.165) is 30.1 Å². The van der Waals surface area contributed by atoms with Gasteiger partial charge in [0.25, 0.3) is 5.92 Å². The van der Waals surface area contributed by atoms with Crippen LogP contribution in [0.3, 0.4) is 0 Å². The van der Waals surface area contributed by atoms with E-state index in [1.54, 1.807) is 18.3 Å². The molecular formula is C26H30F2N2O3. The van der Waals surface area contributed by atoms with Gasteiger partial charge in [0.2, 0.25) is 0 Å². The van der Waals surface area contributed by atoms with Gasteiger partial charge in [-0.15, -0.1) is 6.58 Å². The Kier molecular flexibility index (Phi) is 6.96. The Morgan fingerprint density at radius 1 is 1.27 bits per heavy atom. The van der Waals surface area contributed by atoms with E-state index in [4.69, 9.17) is 9.47 Å². The third-order valence-corrected chi connectivity index (χ3v) is 6.36. The van der Waals surface area contributed by atoms with Crippen LogP contribution in [0.15, 0.2) is 55.3 Å². The molecule has 2 aromatic rings. The molecule has 2 aliphatic rings. The van der Waals surface area contributed by atoms with Gasteiger partial charge >= 0.3 is 0 Å². The van der Waals surface area contributed by atoms with E-state index in [-0.39, 0.29) is 30.8 Å². The Labute approximate surface area is 193 Å². The third kappa shape index (κ3) is 5.89. The van der Waals surface area contributed by atoms with Gasteiger partial charge < -0.3 is 14.4 Å². The summed E-state index contributed by atoms with van der Waals surface area (Å²) in [5.74, 6) is -1.07. The molecule has 2 unspecified atom stereocenters. The van der Waals surface area contributed by atoms with Crippen LogP contribution in [0, 0.1) is 5.92 Å². The van der Waals surface area contributed by atoms with Gasteiger partial charge in [0, 0.05) is 31.7 Å². The Bertz CT molecular complexity index is 963. The van der Waals surface area contributed by atoms with Crippen molar-refractivity contribution < 1.29 is 23.0 Å². The molecule has 1 aliphatic carbocycles. The highest BCUT2D eigenvalue weighted by Crippen LogP contribution is 2.48. The molecule has 1 saturated heterocycles. The van der Waals surface area contributed by atoms with Crippen molar-refractivity contribution in [2.24, 2.45) is 5.92 Å². The number of nitrogens with zero attached hydrogens (tertiary/aromatic N) is 2. The second-order valence-corrected chi connectivity index (χ2v) is 8.88. The normalized spacial score (nSPS) is 22.0. The number of pyridine rings is 1. The van der Waals surface area contributed by atoms with Crippen molar-refractivity contribution in [3.63, 3.8) is 0 Å². The molecule has 1 aromatic heterocycles. The SMILES string of the molecule is C=CCCC(=O)C(C)c1ccc(O[C@@H]2CCN(c3ccc(OCC4CC4(F)F)cn3)C2)cc1. The molecule has 7 heteroatoms. The molecule has 0 bridgehead atoms. The van der Waals surface area contributed by atoms with Gasteiger partial charge in [-0.25, -0.2) is 13.8 Å². The smallest absolute Gasteiger partial charge is 0.255 e. The number of halogens is 2. The van der Waals surface area contributed by atoms with E-state index in [2.05, 4.69) is 16.5 Å². The van der Waals surface area contributed by atoms with Gasteiger partial charge in [-0.1, -0.05) is 25.1 Å². The zero-order chi connectivity index (χ0) is 23.4. The number of ether oxygens (including phenoxy) is 2. The van der Waals surface area contributed by atoms with Crippen LogP contribution < -0.4 is 14.4 Å². The number of allylic oxidation sites excluding steroid dienone is 1. The van der Waals surface area contributed by atoms with Crippen molar-refractivity contribution in [2.75, 3.05) is 24.6 Å². The molecule has 2 heterocycles. The first kappa shape index (κ1) is 23.2. The maximum atomic E-state index is 13.0. The number of rotatable bonds is 11. The van der Waals surface area contributed by atoms with Gasteiger partial charge in [0.05, 0.1) is 25.3 Å². The quantitative estimate of drug-likeness (QED) is 0.423. The highest BCUT2D eigenvalue weighted by Gasteiger charge is 2.57. The molecule has 0 spiro atoms. The number of aromatic nitrogens is 1. The minimum absolute atomic E-state index is 0.0220. The Balaban J connectivity index is 1.25. The van der Waals surface area contributed by atoms with Gasteiger partial charge in [0.15, 0.2) is 0 Å². The van der Waals surface area contributed by atoms with Gasteiger partial charge in [-0.2, -0.15) is 0 Å². The van der Waals surface area contributed by atoms with E-state index in [0.29, 0.717) is 25.1 Å². The van der Waals surface area contributed by atoms with E-state index in [1.807, 2.05) is 37.3 Å². The molecule has 2 fully saturated rings. The highest BCUT2D eigenvalue weighted by molar-refractivity contribution is 5.85. The van der Waals surface area contributed by atoms with Crippen LogP contribution in [0.1, 0.15) is 44.1 Å². The molecule has 1 aliphatic heterocycles. The number of carbonyl (C=O) groups excluding carboxylic acids is 1. The molecule has 0 N–H and O–H groups in total. The van der Waals surface area contributed by atoms with Crippen molar-refractivity contribution in [3.05, 3.63) is 60.8 Å². The summed E-state index contributed by atoms with van der Waals surface area (Å²) in [6.07, 6.45) is 5.38. The largest absolute Gasteiger partial charge is 0.491 e. The Morgan fingerprint density at radius 2 is 2.00 bits per heavy atom. The zero-order valence-corrected chi connectivity index (χ0v) is 18.9. The summed E-state index contributed by atoms with van der Waals surface area (Å²) >= 11 is 0. The average Bonchev–Trinajstić information content (AvgIpc) is 3.19. The topological polar surface area (TPSA) is 51.7 Å². The zero-order valence-electron chi connectivity index (χ0n) is 18.9. The van der Waals surface area contributed by atoms with Crippen LogP contribution in [0.4, 0.5) is 14.6 Å². The summed E-state index contributed by atoms with van der Waals surface area (Å²) in [5.41, 5.74) is 0.987. The molecule has 176 valence electrons. The first-order chi connectivity index (χ1) is 15.9. The molecule has 0 radical (unpaired) electrons. The number of hydrogen-bond acceptors (Lipinski definition) is 5. The molecule has 1 aromatic carbocycles.